The Kier molecular flexibility index (Phi) is 5.54. The van der Waals surface area contributed by atoms with Gasteiger partial charge in [0, 0.05) is 0 Å². The maximum absolute atomic E-state index is 9.83. The molecule has 0 aromatic carbocycles. The summed E-state index contributed by atoms with van der Waals surface area (Å²) in [6.07, 6.45) is 0. The van der Waals surface area contributed by atoms with Crippen LogP contribution in [0.3, 0.4) is 0 Å². The minimum atomic E-state index is -4.55. The van der Waals surface area contributed by atoms with Crippen LogP contribution in [0.5, 0.6) is 0 Å². The average molecular weight is 253 g/mol. The molecule has 0 amide bonds. The minimum absolute atomic E-state index is 0. The van der Waals surface area contributed by atoms with Gasteiger partial charge in [-0.05, 0) is 0 Å². The number of hydrogen-bond acceptors (Lipinski definition) is 5. The van der Waals surface area contributed by atoms with E-state index in [1.54, 1.807) is 0 Å². The molecule has 0 atom stereocenters. The molecule has 72 valence electrons. The van der Waals surface area contributed by atoms with Crippen molar-refractivity contribution in [2.24, 2.45) is 0 Å². The largest absolute Gasteiger partial charge is 1.00 e. The molecule has 0 aliphatic carbocycles. The van der Waals surface area contributed by atoms with Crippen molar-refractivity contribution in [2.45, 2.75) is 0 Å². The minimum Gasteiger partial charge on any atom is -0.748 e. The van der Waals surface area contributed by atoms with Gasteiger partial charge in [0.15, 0.2) is 0 Å². The topological polar surface area (TPSA) is 112 Å². The van der Waals surface area contributed by atoms with Gasteiger partial charge in [-0.2, -0.15) is 8.42 Å². The van der Waals surface area contributed by atoms with Crippen molar-refractivity contribution in [2.75, 3.05) is 11.5 Å². The molecule has 0 rings (SSSR count). The van der Waals surface area contributed by atoms with Crippen LogP contribution in [0.25, 0.3) is 0 Å². The second kappa shape index (κ2) is 4.39. The van der Waals surface area contributed by atoms with E-state index in [1.807, 2.05) is 0 Å². The first-order valence-electron chi connectivity index (χ1n) is 2.09. The molecule has 0 saturated carbocycles. The van der Waals surface area contributed by atoms with Crippen molar-refractivity contribution in [3.63, 3.8) is 0 Å². The Morgan fingerprint density at radius 1 is 1.09 bits per heavy atom. The molecular weight excluding hydrogens is 248 g/mol. The summed E-state index contributed by atoms with van der Waals surface area (Å²) in [5.41, 5.74) is 0. The molecule has 1 N–H and O–H groups in total. The van der Waals surface area contributed by atoms with Gasteiger partial charge in [0.1, 0.15) is 0 Å². The third kappa shape index (κ3) is 13.3. The molecule has 0 saturated heterocycles. The fraction of sp³-hybridized carbons (Fsp3) is 1.00. The normalized spacial score (nSPS) is 12.2. The first kappa shape index (κ1) is 13.9. The van der Waals surface area contributed by atoms with Crippen molar-refractivity contribution in [3.8, 4) is 0 Å². The van der Waals surface area contributed by atoms with E-state index in [9.17, 15) is 21.4 Å². The van der Waals surface area contributed by atoms with E-state index >= 15 is 0 Å². The maximum atomic E-state index is 9.83. The molecule has 0 spiro atoms. The molecule has 0 aromatic rings. The summed E-state index contributed by atoms with van der Waals surface area (Å²) in [7, 11) is -8.88. The summed E-state index contributed by atoms with van der Waals surface area (Å²) >= 11 is 0. The number of hydrogen-bond donors (Lipinski definition) is 1. The predicted octanol–water partition coefficient (Wildman–Crippen LogP) is -1.58. The van der Waals surface area contributed by atoms with Crippen molar-refractivity contribution in [3.05, 3.63) is 0 Å². The predicted molar refractivity (Wildman–Crippen MR) is 31.0 cm³/mol. The van der Waals surface area contributed by atoms with E-state index in [0.29, 0.717) is 0 Å². The van der Waals surface area contributed by atoms with E-state index in [1.165, 1.54) is 0 Å². The zero-order valence-corrected chi connectivity index (χ0v) is 7.60. The molecule has 0 fully saturated rings. The molecule has 0 aliphatic rings. The molecule has 0 heterocycles. The van der Waals surface area contributed by atoms with Crippen LogP contribution in [0, 0.1) is 0 Å². The van der Waals surface area contributed by atoms with Gasteiger partial charge in [-0.25, -0.2) is 8.42 Å². The van der Waals surface area contributed by atoms with E-state index in [4.69, 9.17) is 4.55 Å². The van der Waals surface area contributed by atoms with Gasteiger partial charge in [0.05, 0.1) is 21.6 Å². The van der Waals surface area contributed by atoms with Gasteiger partial charge < -0.3 is 4.55 Å². The summed E-state index contributed by atoms with van der Waals surface area (Å²) in [5, 5.41) is 0. The van der Waals surface area contributed by atoms with Gasteiger partial charge in [-0.3, -0.25) is 4.55 Å². The summed E-state index contributed by atoms with van der Waals surface area (Å²) in [6, 6.07) is 0. The summed E-state index contributed by atoms with van der Waals surface area (Å²) in [4.78, 5) is 0. The fourth-order valence-electron chi connectivity index (χ4n) is 0.207. The number of rotatable bonds is 3. The van der Waals surface area contributed by atoms with Crippen LogP contribution in [0.4, 0.5) is 0 Å². The molecule has 0 radical (unpaired) electrons. The first-order chi connectivity index (χ1) is 4.21. The van der Waals surface area contributed by atoms with Crippen molar-refractivity contribution >= 4 is 20.2 Å². The van der Waals surface area contributed by atoms with Gasteiger partial charge >= 0.3 is 17.1 Å². The smallest absolute Gasteiger partial charge is 0.748 e. The standard InChI is InChI=1S/C2H6O6S2.Cu/c3-9(4,5)1-2-10(6,7)8;/h1-2H2,(H,3,4,5)(H,6,7,8);/q;+1/p-1. The van der Waals surface area contributed by atoms with Crippen molar-refractivity contribution in [1.82, 2.24) is 0 Å². The Hall–Kier alpha value is 0.339. The zero-order valence-electron chi connectivity index (χ0n) is 5.02. The quantitative estimate of drug-likeness (QED) is 0.479. The third-order valence-corrected chi connectivity index (χ3v) is 2.27. The van der Waals surface area contributed by atoms with Crippen molar-refractivity contribution < 1.29 is 43.0 Å². The van der Waals surface area contributed by atoms with E-state index in [-0.39, 0.29) is 17.1 Å². The van der Waals surface area contributed by atoms with Gasteiger partial charge in [0.2, 0.25) is 0 Å². The third-order valence-electron chi connectivity index (χ3n) is 0.591. The van der Waals surface area contributed by atoms with E-state index < -0.39 is 31.7 Å². The summed E-state index contributed by atoms with van der Waals surface area (Å²) < 4.78 is 56.9. The van der Waals surface area contributed by atoms with Crippen LogP contribution in [-0.2, 0) is 37.3 Å². The Morgan fingerprint density at radius 3 is 1.55 bits per heavy atom. The average Bonchev–Trinajstić information content (AvgIpc) is 1.57. The Balaban J connectivity index is 0. The second-order valence-electron chi connectivity index (χ2n) is 1.55. The summed E-state index contributed by atoms with van der Waals surface area (Å²) in [5.74, 6) is -2.13. The fourth-order valence-corrected chi connectivity index (χ4v) is 1.87. The monoisotopic (exact) mass is 252 g/mol. The van der Waals surface area contributed by atoms with Crippen LogP contribution < -0.4 is 0 Å². The second-order valence-corrected chi connectivity index (χ2v) is 4.64. The molecule has 0 unspecified atom stereocenters. The van der Waals surface area contributed by atoms with Gasteiger partial charge in [0.25, 0.3) is 10.1 Å². The SMILES string of the molecule is O=S(=O)([O-])CCS(=O)(=O)O.[Cu+]. The Bertz CT molecular complexity index is 255. The molecule has 0 aromatic heterocycles. The Labute approximate surface area is 75.0 Å². The van der Waals surface area contributed by atoms with Crippen LogP contribution in [0.1, 0.15) is 0 Å². The molecule has 0 aliphatic heterocycles. The van der Waals surface area contributed by atoms with E-state index in [0.717, 1.165) is 0 Å². The Morgan fingerprint density at radius 2 is 1.45 bits per heavy atom. The van der Waals surface area contributed by atoms with Gasteiger partial charge in [-0.15, -0.1) is 0 Å². The molecular formula is C2H5CuO6S2. The summed E-state index contributed by atoms with van der Waals surface area (Å²) in [6.45, 7) is 0. The molecule has 6 nitrogen and oxygen atoms in total. The maximum Gasteiger partial charge on any atom is 1.00 e. The van der Waals surface area contributed by atoms with Crippen LogP contribution in [-0.4, -0.2) is 37.4 Å². The molecule has 11 heavy (non-hydrogen) atoms. The van der Waals surface area contributed by atoms with Crippen molar-refractivity contribution in [1.29, 1.82) is 0 Å². The van der Waals surface area contributed by atoms with Crippen LogP contribution >= 0.6 is 0 Å². The molecule has 9 heteroatoms. The van der Waals surface area contributed by atoms with Gasteiger partial charge in [-0.1, -0.05) is 0 Å². The van der Waals surface area contributed by atoms with E-state index in [2.05, 4.69) is 0 Å². The molecule has 0 bridgehead atoms. The van der Waals surface area contributed by atoms with Crippen LogP contribution in [0.15, 0.2) is 0 Å². The first-order valence-corrected chi connectivity index (χ1v) is 5.28. The van der Waals surface area contributed by atoms with Crippen LogP contribution in [0.2, 0.25) is 0 Å². The zero-order chi connectivity index (χ0) is 8.41.